The van der Waals surface area contributed by atoms with Crippen molar-refractivity contribution in [3.63, 3.8) is 0 Å². The Morgan fingerprint density at radius 3 is 2.40 bits per heavy atom. The fourth-order valence-electron chi connectivity index (χ4n) is 5.89. The number of hydrogen-bond acceptors (Lipinski definition) is 1. The first-order chi connectivity index (χ1) is 12.3. The summed E-state index contributed by atoms with van der Waals surface area (Å²) < 4.78 is 5.60. The summed E-state index contributed by atoms with van der Waals surface area (Å²) in [6.45, 7) is 3.72. The van der Waals surface area contributed by atoms with E-state index in [1.807, 2.05) is 0 Å². The normalized spacial score (nSPS) is 33.2. The molecule has 25 heavy (non-hydrogen) atoms. The predicted molar refractivity (Wildman–Crippen MR) is 107 cm³/mol. The van der Waals surface area contributed by atoms with Crippen molar-refractivity contribution in [1.82, 2.24) is 0 Å². The van der Waals surface area contributed by atoms with Gasteiger partial charge in [-0.3, -0.25) is 0 Å². The van der Waals surface area contributed by atoms with E-state index >= 15 is 0 Å². The molecule has 2 bridgehead atoms. The van der Waals surface area contributed by atoms with E-state index in [-0.39, 0.29) is 0 Å². The van der Waals surface area contributed by atoms with Gasteiger partial charge in [-0.2, -0.15) is 0 Å². The molecule has 4 unspecified atom stereocenters. The number of hydrogen-bond donors (Lipinski definition) is 0. The maximum Gasteiger partial charge on any atom is 0.162 e. The molecule has 2 aliphatic carbocycles. The number of ether oxygens (including phenoxy) is 1. The molecule has 5 rings (SSSR count). The molecule has 0 spiro atoms. The average molecular weight is 354 g/mol. The van der Waals surface area contributed by atoms with Crippen LogP contribution >= 0.6 is 0 Å². The molecule has 2 heteroatoms. The maximum atomic E-state index is 5.60. The molecule has 1 aliphatic heterocycles. The molecule has 2 saturated carbocycles. The van der Waals surface area contributed by atoms with Crippen LogP contribution in [0, 0.1) is 23.7 Å². The highest BCUT2D eigenvalue weighted by molar-refractivity contribution is 7.97. The van der Waals surface area contributed by atoms with Gasteiger partial charge >= 0.3 is 0 Å². The monoisotopic (exact) mass is 353 g/mol. The maximum absolute atomic E-state index is 5.60. The lowest BCUT2D eigenvalue weighted by molar-refractivity contribution is 0.151. The Hall–Kier alpha value is -0.990. The Balaban J connectivity index is 1.45. The van der Waals surface area contributed by atoms with E-state index in [2.05, 4.69) is 43.3 Å². The van der Waals surface area contributed by atoms with Crippen molar-refractivity contribution in [2.45, 2.75) is 37.5 Å². The van der Waals surface area contributed by atoms with Gasteiger partial charge in [0.05, 0.1) is 6.61 Å². The van der Waals surface area contributed by atoms with E-state index < -0.39 is 0 Å². The molecule has 0 N–H and O–H groups in total. The third-order valence-electron chi connectivity index (χ3n) is 7.07. The van der Waals surface area contributed by atoms with Gasteiger partial charge in [-0.1, -0.05) is 24.3 Å². The zero-order valence-electron chi connectivity index (χ0n) is 15.2. The van der Waals surface area contributed by atoms with Crippen molar-refractivity contribution in [1.29, 1.82) is 0 Å². The van der Waals surface area contributed by atoms with E-state index in [0.29, 0.717) is 10.9 Å². The van der Waals surface area contributed by atoms with Crippen molar-refractivity contribution in [2.24, 2.45) is 23.7 Å². The molecule has 1 heterocycles. The van der Waals surface area contributed by atoms with E-state index in [9.17, 15) is 0 Å². The molecule has 132 valence electrons. The summed E-state index contributed by atoms with van der Waals surface area (Å²) in [7, 11) is 0.478. The minimum Gasteiger partial charge on any atom is -0.381 e. The minimum absolute atomic E-state index is 0.478. The van der Waals surface area contributed by atoms with Gasteiger partial charge in [0.1, 0.15) is 11.5 Å². The zero-order chi connectivity index (χ0) is 16.8. The highest BCUT2D eigenvalue weighted by atomic mass is 32.2. The Labute approximate surface area is 154 Å². The Bertz CT molecular complexity index is 752. The van der Waals surface area contributed by atoms with E-state index in [1.54, 1.807) is 11.3 Å². The van der Waals surface area contributed by atoms with Gasteiger partial charge in [0.2, 0.25) is 0 Å². The lowest BCUT2D eigenvalue weighted by atomic mass is 9.82. The molecule has 1 saturated heterocycles. The van der Waals surface area contributed by atoms with Crippen LogP contribution in [-0.4, -0.2) is 24.7 Å². The van der Waals surface area contributed by atoms with Gasteiger partial charge in [0.25, 0.3) is 0 Å². The number of rotatable bonds is 5. The molecule has 2 aromatic carbocycles. The molecule has 3 fully saturated rings. The second-order valence-electron chi connectivity index (χ2n) is 8.20. The van der Waals surface area contributed by atoms with Crippen LogP contribution in [-0.2, 0) is 22.1 Å². The zero-order valence-corrected chi connectivity index (χ0v) is 16.1. The van der Waals surface area contributed by atoms with Gasteiger partial charge in [-0.25, -0.2) is 0 Å². The van der Waals surface area contributed by atoms with Crippen LogP contribution in [0.1, 0.15) is 31.7 Å². The van der Waals surface area contributed by atoms with E-state index in [1.165, 1.54) is 40.7 Å². The van der Waals surface area contributed by atoms with Crippen LogP contribution in [0.25, 0.3) is 10.8 Å². The van der Waals surface area contributed by atoms with Crippen LogP contribution in [0.5, 0.6) is 0 Å². The molecule has 4 atom stereocenters. The van der Waals surface area contributed by atoms with Crippen LogP contribution in [0.3, 0.4) is 0 Å². The predicted octanol–water partition coefficient (Wildman–Crippen LogP) is 5.07. The third-order valence-corrected chi connectivity index (χ3v) is 9.62. The Morgan fingerprint density at radius 1 is 0.960 bits per heavy atom. The number of fused-ring (bicyclic) bond motifs is 6. The van der Waals surface area contributed by atoms with Crippen LogP contribution < -0.4 is 0 Å². The fourth-order valence-corrected chi connectivity index (χ4v) is 9.10. The second-order valence-corrected chi connectivity index (χ2v) is 10.3. The summed E-state index contributed by atoms with van der Waals surface area (Å²) in [4.78, 5) is 1.66. The lowest BCUT2D eigenvalue weighted by Gasteiger charge is -2.19. The van der Waals surface area contributed by atoms with Crippen molar-refractivity contribution in [3.05, 3.63) is 42.0 Å². The highest BCUT2D eigenvalue weighted by Crippen LogP contribution is 2.57. The first-order valence-electron chi connectivity index (χ1n) is 10.1. The number of benzene rings is 2. The summed E-state index contributed by atoms with van der Waals surface area (Å²) in [5, 5.41) is 2.99. The molecular formula is C23H29OS+. The van der Waals surface area contributed by atoms with Gasteiger partial charge in [0, 0.05) is 34.7 Å². The first-order valence-corrected chi connectivity index (χ1v) is 11.7. The molecule has 2 aromatic rings. The summed E-state index contributed by atoms with van der Waals surface area (Å²) in [5.74, 6) is 7.22. The smallest absolute Gasteiger partial charge is 0.162 e. The van der Waals surface area contributed by atoms with E-state index in [4.69, 9.17) is 4.74 Å². The Morgan fingerprint density at radius 2 is 1.68 bits per heavy atom. The van der Waals surface area contributed by atoms with Crippen molar-refractivity contribution < 1.29 is 4.74 Å². The Kier molecular flexibility index (Phi) is 4.30. The quantitative estimate of drug-likeness (QED) is 0.538. The lowest BCUT2D eigenvalue weighted by Crippen LogP contribution is -2.19. The van der Waals surface area contributed by atoms with Crippen molar-refractivity contribution in [2.75, 3.05) is 24.7 Å². The first kappa shape index (κ1) is 16.2. The highest BCUT2D eigenvalue weighted by Gasteiger charge is 2.56. The third kappa shape index (κ3) is 2.73. The molecule has 1 nitrogen and oxygen atoms in total. The van der Waals surface area contributed by atoms with Gasteiger partial charge in [-0.15, -0.1) is 0 Å². The molecule has 3 aliphatic rings. The molecule has 0 radical (unpaired) electrons. The van der Waals surface area contributed by atoms with Crippen LogP contribution in [0.2, 0.25) is 0 Å². The topological polar surface area (TPSA) is 9.23 Å². The van der Waals surface area contributed by atoms with Crippen LogP contribution in [0.15, 0.2) is 41.3 Å². The summed E-state index contributed by atoms with van der Waals surface area (Å²) in [5.41, 5.74) is 1.45. The van der Waals surface area contributed by atoms with E-state index in [0.717, 1.165) is 43.3 Å². The van der Waals surface area contributed by atoms with Crippen molar-refractivity contribution >= 4 is 21.7 Å². The second kappa shape index (κ2) is 6.63. The SMILES string of the molecule is CCOCCc1ccc([S+]2CC3C4CCC(C4)C3C2)c2ccccc12. The average Bonchev–Trinajstić information content (AvgIpc) is 3.35. The van der Waals surface area contributed by atoms with Crippen molar-refractivity contribution in [3.8, 4) is 0 Å². The molecule has 0 aromatic heterocycles. The minimum atomic E-state index is 0.478. The summed E-state index contributed by atoms with van der Waals surface area (Å²) in [6.07, 6.45) is 5.64. The molecular weight excluding hydrogens is 324 g/mol. The fraction of sp³-hybridized carbons (Fsp3) is 0.565. The van der Waals surface area contributed by atoms with Gasteiger partial charge in [0.15, 0.2) is 4.90 Å². The largest absolute Gasteiger partial charge is 0.381 e. The standard InChI is InChI=1S/C23H29OS/c1-2-24-12-11-16-9-10-23(20-6-4-3-5-19(16)20)25-14-21-17-7-8-18(13-17)22(21)15-25/h3-6,9-10,17-18,21-22H,2,7-8,11-15H2,1H3/q+1. The summed E-state index contributed by atoms with van der Waals surface area (Å²) >= 11 is 0. The molecule has 0 amide bonds. The van der Waals surface area contributed by atoms with Gasteiger partial charge in [-0.05, 0) is 67.5 Å². The summed E-state index contributed by atoms with van der Waals surface area (Å²) in [6, 6.07) is 14.0. The van der Waals surface area contributed by atoms with Crippen LogP contribution in [0.4, 0.5) is 0 Å². The van der Waals surface area contributed by atoms with Gasteiger partial charge < -0.3 is 4.74 Å².